The smallest absolute Gasteiger partial charge is 0.332 e. The van der Waals surface area contributed by atoms with Crippen LogP contribution in [0.3, 0.4) is 0 Å². The molecule has 0 spiro atoms. The minimum Gasteiger partial charge on any atom is -0.497 e. The molecule has 0 aliphatic carbocycles. The molecule has 7 nitrogen and oxygen atoms in total. The average molecular weight is 390 g/mol. The number of methoxy groups -OCH3 is 1. The Labute approximate surface area is 159 Å². The Balaban J connectivity index is 2.25. The molecule has 0 unspecified atom stereocenters. The molecule has 0 saturated heterocycles. The molecule has 0 saturated carbocycles. The van der Waals surface area contributed by atoms with E-state index in [-0.39, 0.29) is 17.2 Å². The van der Waals surface area contributed by atoms with Gasteiger partial charge in [0, 0.05) is 6.08 Å². The minimum atomic E-state index is -3.82. The van der Waals surface area contributed by atoms with Crippen LogP contribution < -0.4 is 15.0 Å². The second-order valence-electron chi connectivity index (χ2n) is 5.58. The average Bonchev–Trinajstić information content (AvgIpc) is 2.66. The van der Waals surface area contributed by atoms with Gasteiger partial charge >= 0.3 is 5.97 Å². The molecular formula is C19H22N2O5S. The lowest BCUT2D eigenvalue weighted by molar-refractivity contribution is -0.137. The molecule has 8 heteroatoms. The minimum absolute atomic E-state index is 0.103. The fraction of sp³-hybridized carbons (Fsp3) is 0.211. The highest BCUT2D eigenvalue weighted by Gasteiger charge is 2.15. The molecule has 2 aromatic carbocycles. The van der Waals surface area contributed by atoms with Crippen LogP contribution in [0.2, 0.25) is 0 Å². The number of sulfonamides is 1. The highest BCUT2D eigenvalue weighted by Crippen LogP contribution is 2.17. The van der Waals surface area contributed by atoms with Crippen molar-refractivity contribution < 1.29 is 22.7 Å². The molecule has 0 aromatic heterocycles. The fourth-order valence-electron chi connectivity index (χ4n) is 2.16. The van der Waals surface area contributed by atoms with Gasteiger partial charge in [-0.15, -0.1) is 4.83 Å². The zero-order chi connectivity index (χ0) is 19.9. The molecule has 2 N–H and O–H groups in total. The van der Waals surface area contributed by atoms with E-state index in [1.165, 1.54) is 18.2 Å². The van der Waals surface area contributed by atoms with Gasteiger partial charge in [0.05, 0.1) is 24.3 Å². The first kappa shape index (κ1) is 20.5. The highest BCUT2D eigenvalue weighted by atomic mass is 32.2. The molecule has 0 heterocycles. The van der Waals surface area contributed by atoms with Crippen molar-refractivity contribution in [3.05, 3.63) is 65.7 Å². The molecule has 0 aliphatic heterocycles. The molecular weight excluding hydrogens is 368 g/mol. The van der Waals surface area contributed by atoms with E-state index in [2.05, 4.69) is 10.3 Å². The van der Waals surface area contributed by atoms with Crippen LogP contribution in [0.5, 0.6) is 5.75 Å². The van der Waals surface area contributed by atoms with Gasteiger partial charge in [0.2, 0.25) is 0 Å². The maximum Gasteiger partial charge on any atom is 0.332 e. The SMILES string of the molecule is CCOC(=O)C=C(NNS(=O)(=O)c1ccc(C)cc1)c1ccc(OC)cc1. The van der Waals surface area contributed by atoms with Gasteiger partial charge in [-0.2, -0.15) is 0 Å². The van der Waals surface area contributed by atoms with Gasteiger partial charge in [-0.25, -0.2) is 13.2 Å². The summed E-state index contributed by atoms with van der Waals surface area (Å²) in [5, 5.41) is 0. The molecule has 27 heavy (non-hydrogen) atoms. The second-order valence-corrected chi connectivity index (χ2v) is 7.26. The van der Waals surface area contributed by atoms with E-state index in [0.717, 1.165) is 5.56 Å². The summed E-state index contributed by atoms with van der Waals surface area (Å²) in [5.74, 6) is 0.0415. The van der Waals surface area contributed by atoms with E-state index >= 15 is 0 Å². The number of benzene rings is 2. The van der Waals surface area contributed by atoms with Crippen LogP contribution in [0.1, 0.15) is 18.1 Å². The van der Waals surface area contributed by atoms with Crippen LogP contribution in [0.4, 0.5) is 0 Å². The number of carbonyl (C=O) groups excluding carboxylic acids is 1. The molecule has 0 aliphatic rings. The molecule has 2 rings (SSSR count). The highest BCUT2D eigenvalue weighted by molar-refractivity contribution is 7.89. The van der Waals surface area contributed by atoms with Crippen LogP contribution in [0, 0.1) is 6.92 Å². The summed E-state index contributed by atoms with van der Waals surface area (Å²) in [7, 11) is -2.28. The number of esters is 1. The Morgan fingerprint density at radius 2 is 1.70 bits per heavy atom. The first-order valence-electron chi connectivity index (χ1n) is 8.23. The normalized spacial score (nSPS) is 11.7. The van der Waals surface area contributed by atoms with Crippen molar-refractivity contribution in [3.8, 4) is 5.75 Å². The zero-order valence-corrected chi connectivity index (χ0v) is 16.2. The summed E-state index contributed by atoms with van der Waals surface area (Å²) in [6.07, 6.45) is 1.18. The molecule has 144 valence electrons. The van der Waals surface area contributed by atoms with E-state index in [9.17, 15) is 13.2 Å². The lowest BCUT2D eigenvalue weighted by Gasteiger charge is -2.14. The van der Waals surface area contributed by atoms with Gasteiger partial charge in [-0.3, -0.25) is 0 Å². The first-order chi connectivity index (χ1) is 12.9. The van der Waals surface area contributed by atoms with Gasteiger partial charge in [0.1, 0.15) is 5.75 Å². The van der Waals surface area contributed by atoms with Crippen molar-refractivity contribution in [2.24, 2.45) is 0 Å². The largest absolute Gasteiger partial charge is 0.497 e. The summed E-state index contributed by atoms with van der Waals surface area (Å²) in [5.41, 5.74) is 4.37. The zero-order valence-electron chi connectivity index (χ0n) is 15.4. The number of nitrogens with one attached hydrogen (secondary N) is 2. The quantitative estimate of drug-likeness (QED) is 0.408. The second kappa shape index (κ2) is 9.20. The lowest BCUT2D eigenvalue weighted by atomic mass is 10.1. The van der Waals surface area contributed by atoms with E-state index < -0.39 is 16.0 Å². The van der Waals surface area contributed by atoms with E-state index in [0.29, 0.717) is 11.3 Å². The predicted octanol–water partition coefficient (Wildman–Crippen LogP) is 2.39. The molecule has 2 aromatic rings. The maximum absolute atomic E-state index is 12.5. The lowest BCUT2D eigenvalue weighted by Crippen LogP contribution is -2.36. The van der Waals surface area contributed by atoms with Crippen LogP contribution in [-0.4, -0.2) is 28.1 Å². The third-order valence-electron chi connectivity index (χ3n) is 3.60. The summed E-state index contributed by atoms with van der Waals surface area (Å²) in [4.78, 5) is 14.2. The van der Waals surface area contributed by atoms with Crippen molar-refractivity contribution in [2.45, 2.75) is 18.7 Å². The van der Waals surface area contributed by atoms with Crippen LogP contribution in [-0.2, 0) is 19.6 Å². The number of hydrogen-bond acceptors (Lipinski definition) is 6. The third-order valence-corrected chi connectivity index (χ3v) is 4.86. The van der Waals surface area contributed by atoms with Crippen LogP contribution in [0.25, 0.3) is 5.70 Å². The number of hydrazine groups is 1. The summed E-state index contributed by atoms with van der Waals surface area (Å²) < 4.78 is 34.9. The molecule has 0 radical (unpaired) electrons. The number of aryl methyl sites for hydroxylation is 1. The Morgan fingerprint density at radius 3 is 2.26 bits per heavy atom. The first-order valence-corrected chi connectivity index (χ1v) is 9.71. The van der Waals surface area contributed by atoms with Gasteiger partial charge < -0.3 is 14.9 Å². The van der Waals surface area contributed by atoms with Crippen molar-refractivity contribution in [2.75, 3.05) is 13.7 Å². The summed E-state index contributed by atoms with van der Waals surface area (Å²) in [6.45, 7) is 3.76. The maximum atomic E-state index is 12.5. The van der Waals surface area contributed by atoms with Crippen molar-refractivity contribution in [3.63, 3.8) is 0 Å². The molecule has 0 bridgehead atoms. The van der Waals surface area contributed by atoms with E-state index in [1.807, 2.05) is 6.92 Å². The Hall–Kier alpha value is -2.84. The predicted molar refractivity (Wildman–Crippen MR) is 102 cm³/mol. The number of ether oxygens (including phenoxy) is 2. The Morgan fingerprint density at radius 1 is 1.07 bits per heavy atom. The Kier molecular flexibility index (Phi) is 6.98. The van der Waals surface area contributed by atoms with Crippen molar-refractivity contribution in [1.29, 1.82) is 0 Å². The summed E-state index contributed by atoms with van der Waals surface area (Å²) >= 11 is 0. The van der Waals surface area contributed by atoms with Gasteiger partial charge in [0.15, 0.2) is 0 Å². The third kappa shape index (κ3) is 5.83. The molecule has 0 fully saturated rings. The van der Waals surface area contributed by atoms with Crippen LogP contribution >= 0.6 is 0 Å². The molecule has 0 amide bonds. The standard InChI is InChI=1S/C19H22N2O5S/c1-4-26-19(22)13-18(15-7-9-16(25-3)10-8-15)20-21-27(23,24)17-11-5-14(2)6-12-17/h5-13,20-21H,4H2,1-3H3. The number of carbonyl (C=O) groups is 1. The topological polar surface area (TPSA) is 93.7 Å². The van der Waals surface area contributed by atoms with Crippen molar-refractivity contribution in [1.82, 2.24) is 10.3 Å². The fourth-order valence-corrected chi connectivity index (χ4v) is 3.02. The number of rotatable bonds is 8. The number of hydrogen-bond donors (Lipinski definition) is 2. The monoisotopic (exact) mass is 390 g/mol. The van der Waals surface area contributed by atoms with Gasteiger partial charge in [-0.1, -0.05) is 17.7 Å². The van der Waals surface area contributed by atoms with Crippen molar-refractivity contribution >= 4 is 21.7 Å². The van der Waals surface area contributed by atoms with E-state index in [4.69, 9.17) is 9.47 Å². The molecule has 0 atom stereocenters. The van der Waals surface area contributed by atoms with E-state index in [1.54, 1.807) is 50.4 Å². The Bertz CT molecular complexity index is 904. The van der Waals surface area contributed by atoms with Crippen LogP contribution in [0.15, 0.2) is 59.5 Å². The summed E-state index contributed by atoms with van der Waals surface area (Å²) in [6, 6.07) is 13.2. The van der Waals surface area contributed by atoms with Gasteiger partial charge in [0.25, 0.3) is 10.0 Å². The van der Waals surface area contributed by atoms with Gasteiger partial charge in [-0.05, 0) is 55.8 Å².